The smallest absolute Gasteiger partial charge is 0.410 e. The molecule has 0 unspecified atom stereocenters. The molecule has 2 aromatic carbocycles. The fraction of sp³-hybridized carbons (Fsp3) is 0.435. The van der Waals surface area contributed by atoms with Gasteiger partial charge in [0.2, 0.25) is 0 Å². The van der Waals surface area contributed by atoms with Crippen LogP contribution in [0.3, 0.4) is 0 Å². The topological polar surface area (TPSA) is 42.0 Å². The number of ether oxygens (including phenoxy) is 2. The average molecular weight is 400 g/mol. The fourth-order valence-corrected chi connectivity index (χ4v) is 3.30. The molecule has 29 heavy (non-hydrogen) atoms. The van der Waals surface area contributed by atoms with Gasteiger partial charge in [-0.05, 0) is 63.1 Å². The van der Waals surface area contributed by atoms with E-state index in [0.717, 1.165) is 17.0 Å². The number of hydrogen-bond donors (Lipinski definition) is 0. The quantitative estimate of drug-likeness (QED) is 0.704. The first-order chi connectivity index (χ1) is 13.8. The predicted octanol–water partition coefficient (Wildman–Crippen LogP) is 5.24. The zero-order chi connectivity index (χ0) is 21.0. The van der Waals surface area contributed by atoms with Crippen LogP contribution in [0.1, 0.15) is 33.3 Å². The standard InChI is InChI=1S/C23H29FN2O3/c1-5-17-16-18(24)10-11-20(17)28-21-9-7-6-8-19(21)25-12-14-26(15-13-25)22(27)29-23(2,3)4/h6-11,16H,5,12-15H2,1-4H3. The van der Waals surface area contributed by atoms with Crippen molar-refractivity contribution in [2.75, 3.05) is 31.1 Å². The van der Waals surface area contributed by atoms with Crippen LogP contribution in [0.4, 0.5) is 14.9 Å². The summed E-state index contributed by atoms with van der Waals surface area (Å²) in [5.74, 6) is 1.12. The van der Waals surface area contributed by atoms with E-state index in [1.165, 1.54) is 12.1 Å². The summed E-state index contributed by atoms with van der Waals surface area (Å²) >= 11 is 0. The van der Waals surface area contributed by atoms with E-state index in [1.807, 2.05) is 52.0 Å². The molecule has 0 N–H and O–H groups in total. The largest absolute Gasteiger partial charge is 0.455 e. The lowest BCUT2D eigenvalue weighted by Gasteiger charge is -2.37. The lowest BCUT2D eigenvalue weighted by Crippen LogP contribution is -2.50. The second kappa shape index (κ2) is 8.72. The molecule has 5 nitrogen and oxygen atoms in total. The highest BCUT2D eigenvalue weighted by atomic mass is 19.1. The second-order valence-corrected chi connectivity index (χ2v) is 8.13. The van der Waals surface area contributed by atoms with E-state index in [-0.39, 0.29) is 11.9 Å². The average Bonchev–Trinajstić information content (AvgIpc) is 2.68. The Balaban J connectivity index is 1.71. The fourth-order valence-electron chi connectivity index (χ4n) is 3.30. The zero-order valence-electron chi connectivity index (χ0n) is 17.6. The first kappa shape index (κ1) is 21.0. The van der Waals surface area contributed by atoms with Crippen LogP contribution < -0.4 is 9.64 Å². The molecule has 1 amide bonds. The Morgan fingerprint density at radius 1 is 1.03 bits per heavy atom. The van der Waals surface area contributed by atoms with Crippen molar-refractivity contribution in [3.8, 4) is 11.5 Å². The van der Waals surface area contributed by atoms with Crippen LogP contribution in [0.25, 0.3) is 0 Å². The molecule has 0 saturated carbocycles. The number of nitrogens with zero attached hydrogens (tertiary/aromatic N) is 2. The van der Waals surface area contributed by atoms with E-state index < -0.39 is 5.60 Å². The summed E-state index contributed by atoms with van der Waals surface area (Å²) in [6.07, 6.45) is 0.407. The number of benzene rings is 2. The molecule has 0 aromatic heterocycles. The minimum absolute atomic E-state index is 0.263. The molecule has 1 aliphatic rings. The van der Waals surface area contributed by atoms with Gasteiger partial charge in [-0.15, -0.1) is 0 Å². The third kappa shape index (κ3) is 5.40. The molecule has 0 radical (unpaired) electrons. The molecule has 1 saturated heterocycles. The Kier molecular flexibility index (Phi) is 6.30. The van der Waals surface area contributed by atoms with Gasteiger partial charge >= 0.3 is 6.09 Å². The molecular weight excluding hydrogens is 371 g/mol. The van der Waals surface area contributed by atoms with Crippen molar-refractivity contribution in [3.63, 3.8) is 0 Å². The van der Waals surface area contributed by atoms with E-state index in [4.69, 9.17) is 9.47 Å². The maximum absolute atomic E-state index is 13.5. The summed E-state index contributed by atoms with van der Waals surface area (Å²) in [6.45, 7) is 10.1. The normalized spacial score (nSPS) is 14.7. The highest BCUT2D eigenvalue weighted by Crippen LogP contribution is 2.34. The SMILES string of the molecule is CCc1cc(F)ccc1Oc1ccccc1N1CCN(C(=O)OC(C)(C)C)CC1. The number of carbonyl (C=O) groups is 1. The second-order valence-electron chi connectivity index (χ2n) is 8.13. The first-order valence-corrected chi connectivity index (χ1v) is 10.0. The molecule has 6 heteroatoms. The van der Waals surface area contributed by atoms with E-state index in [1.54, 1.807) is 11.0 Å². The number of aryl methyl sites for hydroxylation is 1. The van der Waals surface area contributed by atoms with Gasteiger partial charge in [-0.2, -0.15) is 0 Å². The predicted molar refractivity (Wildman–Crippen MR) is 112 cm³/mol. The van der Waals surface area contributed by atoms with Crippen LogP contribution in [0.15, 0.2) is 42.5 Å². The maximum Gasteiger partial charge on any atom is 0.410 e. The molecule has 2 aromatic rings. The van der Waals surface area contributed by atoms with Crippen LogP contribution in [-0.4, -0.2) is 42.8 Å². The third-order valence-electron chi connectivity index (χ3n) is 4.76. The van der Waals surface area contributed by atoms with Crippen molar-refractivity contribution < 1.29 is 18.7 Å². The van der Waals surface area contributed by atoms with Gasteiger partial charge in [0, 0.05) is 26.2 Å². The Morgan fingerprint density at radius 3 is 2.38 bits per heavy atom. The number of para-hydroxylation sites is 2. The highest BCUT2D eigenvalue weighted by molar-refractivity contribution is 5.69. The highest BCUT2D eigenvalue weighted by Gasteiger charge is 2.27. The molecule has 0 aliphatic carbocycles. The third-order valence-corrected chi connectivity index (χ3v) is 4.76. The molecular formula is C23H29FN2O3. The number of rotatable bonds is 4. The van der Waals surface area contributed by atoms with Crippen LogP contribution in [0.5, 0.6) is 11.5 Å². The monoisotopic (exact) mass is 400 g/mol. The van der Waals surface area contributed by atoms with Crippen molar-refractivity contribution in [1.82, 2.24) is 4.90 Å². The van der Waals surface area contributed by atoms with Crippen LogP contribution in [0.2, 0.25) is 0 Å². The lowest BCUT2D eigenvalue weighted by molar-refractivity contribution is 0.0240. The van der Waals surface area contributed by atoms with Crippen molar-refractivity contribution in [1.29, 1.82) is 0 Å². The summed E-state index contributed by atoms with van der Waals surface area (Å²) in [6, 6.07) is 12.4. The minimum Gasteiger partial charge on any atom is -0.455 e. The number of anilines is 1. The summed E-state index contributed by atoms with van der Waals surface area (Å²) in [4.78, 5) is 16.2. The van der Waals surface area contributed by atoms with Gasteiger partial charge in [-0.1, -0.05) is 19.1 Å². The Bertz CT molecular complexity index is 855. The number of halogens is 1. The summed E-state index contributed by atoms with van der Waals surface area (Å²) in [7, 11) is 0. The molecule has 156 valence electrons. The Morgan fingerprint density at radius 2 is 1.72 bits per heavy atom. The van der Waals surface area contributed by atoms with E-state index in [0.29, 0.717) is 38.3 Å². The molecule has 3 rings (SSSR count). The van der Waals surface area contributed by atoms with Crippen molar-refractivity contribution in [2.45, 2.75) is 39.7 Å². The van der Waals surface area contributed by atoms with Crippen LogP contribution in [-0.2, 0) is 11.2 Å². The molecule has 1 aliphatic heterocycles. The minimum atomic E-state index is -0.499. The number of piperazine rings is 1. The summed E-state index contributed by atoms with van der Waals surface area (Å²) in [5, 5.41) is 0. The van der Waals surface area contributed by atoms with Crippen LogP contribution in [0, 0.1) is 5.82 Å². The summed E-state index contributed by atoms with van der Waals surface area (Å²) < 4.78 is 25.2. The van der Waals surface area contributed by atoms with Gasteiger partial charge in [0.05, 0.1) is 5.69 Å². The summed E-state index contributed by atoms with van der Waals surface area (Å²) in [5.41, 5.74) is 1.29. The van der Waals surface area contributed by atoms with Crippen LogP contribution >= 0.6 is 0 Å². The van der Waals surface area contributed by atoms with Gasteiger partial charge in [0.15, 0.2) is 5.75 Å². The Hall–Kier alpha value is -2.76. The van der Waals surface area contributed by atoms with Crippen molar-refractivity contribution in [2.24, 2.45) is 0 Å². The van der Waals surface area contributed by atoms with E-state index in [9.17, 15) is 9.18 Å². The Labute approximate surface area is 172 Å². The number of hydrogen-bond acceptors (Lipinski definition) is 4. The van der Waals surface area contributed by atoms with Crippen molar-refractivity contribution in [3.05, 3.63) is 53.8 Å². The maximum atomic E-state index is 13.5. The van der Waals surface area contributed by atoms with Gasteiger partial charge in [-0.3, -0.25) is 0 Å². The lowest BCUT2D eigenvalue weighted by atomic mass is 10.1. The van der Waals surface area contributed by atoms with E-state index >= 15 is 0 Å². The van der Waals surface area contributed by atoms with Gasteiger partial charge in [-0.25, -0.2) is 9.18 Å². The number of carbonyl (C=O) groups excluding carboxylic acids is 1. The molecule has 1 fully saturated rings. The molecule has 1 heterocycles. The van der Waals surface area contributed by atoms with E-state index in [2.05, 4.69) is 4.90 Å². The van der Waals surface area contributed by atoms with Crippen molar-refractivity contribution >= 4 is 11.8 Å². The molecule has 0 spiro atoms. The molecule has 0 atom stereocenters. The van der Waals surface area contributed by atoms with Gasteiger partial charge < -0.3 is 19.3 Å². The van der Waals surface area contributed by atoms with Gasteiger partial charge in [0.25, 0.3) is 0 Å². The molecule has 0 bridgehead atoms. The zero-order valence-corrected chi connectivity index (χ0v) is 17.6. The van der Waals surface area contributed by atoms with Gasteiger partial charge in [0.1, 0.15) is 17.2 Å². The number of amides is 1. The first-order valence-electron chi connectivity index (χ1n) is 10.0.